The van der Waals surface area contributed by atoms with Crippen LogP contribution < -0.4 is 11.2 Å². The molecule has 1 aliphatic rings. The molecule has 8 heteroatoms. The molecule has 0 saturated carbocycles. The van der Waals surface area contributed by atoms with Gasteiger partial charge in [0.15, 0.2) is 11.2 Å². The Morgan fingerprint density at radius 2 is 1.83 bits per heavy atom. The summed E-state index contributed by atoms with van der Waals surface area (Å²) in [7, 11) is 1.63. The molecular formula is C21H27N5O3. The summed E-state index contributed by atoms with van der Waals surface area (Å²) < 4.78 is 9.19. The van der Waals surface area contributed by atoms with Crippen LogP contribution in [0.5, 0.6) is 0 Å². The minimum Gasteiger partial charge on any atom is -0.373 e. The summed E-state index contributed by atoms with van der Waals surface area (Å²) in [5.41, 5.74) is 2.25. The quantitative estimate of drug-likeness (QED) is 0.719. The summed E-state index contributed by atoms with van der Waals surface area (Å²) in [6.45, 7) is 8.89. The molecule has 1 N–H and O–H groups in total. The SMILES string of the molecule is Cc1ccccc1Cn1c(CN2CC(C)OC(C)C2)nc2c1c(=O)[nH]c(=O)n2C. The highest BCUT2D eigenvalue weighted by Gasteiger charge is 2.25. The number of aromatic amines is 1. The van der Waals surface area contributed by atoms with Crippen LogP contribution in [-0.4, -0.2) is 49.3 Å². The van der Waals surface area contributed by atoms with Crippen molar-refractivity contribution in [3.8, 4) is 0 Å². The fourth-order valence-electron chi connectivity index (χ4n) is 4.14. The molecule has 2 unspecified atom stereocenters. The molecule has 29 heavy (non-hydrogen) atoms. The molecule has 1 fully saturated rings. The Balaban J connectivity index is 1.83. The second kappa shape index (κ2) is 7.61. The van der Waals surface area contributed by atoms with Crippen molar-refractivity contribution in [2.24, 2.45) is 7.05 Å². The molecule has 0 radical (unpaired) electrons. The third-order valence-corrected chi connectivity index (χ3v) is 5.54. The van der Waals surface area contributed by atoms with Crippen LogP contribution in [0.15, 0.2) is 33.9 Å². The summed E-state index contributed by atoms with van der Waals surface area (Å²) in [6, 6.07) is 8.10. The van der Waals surface area contributed by atoms with Crippen LogP contribution in [0.25, 0.3) is 11.2 Å². The Morgan fingerprint density at radius 1 is 1.14 bits per heavy atom. The van der Waals surface area contributed by atoms with Crippen molar-refractivity contribution >= 4 is 11.2 Å². The number of imidazole rings is 1. The molecule has 154 valence electrons. The number of benzene rings is 1. The van der Waals surface area contributed by atoms with Crippen molar-refractivity contribution in [1.82, 2.24) is 24.0 Å². The number of fused-ring (bicyclic) bond motifs is 1. The highest BCUT2D eigenvalue weighted by molar-refractivity contribution is 5.71. The minimum atomic E-state index is -0.455. The van der Waals surface area contributed by atoms with Gasteiger partial charge in [-0.1, -0.05) is 24.3 Å². The van der Waals surface area contributed by atoms with E-state index >= 15 is 0 Å². The third kappa shape index (κ3) is 3.77. The number of rotatable bonds is 4. The molecule has 2 aromatic heterocycles. The van der Waals surface area contributed by atoms with E-state index in [9.17, 15) is 9.59 Å². The summed E-state index contributed by atoms with van der Waals surface area (Å²) in [5, 5.41) is 0. The van der Waals surface area contributed by atoms with Crippen molar-refractivity contribution in [3.63, 3.8) is 0 Å². The second-order valence-corrected chi connectivity index (χ2v) is 7.98. The molecule has 1 aliphatic heterocycles. The Bertz CT molecular complexity index is 1150. The van der Waals surface area contributed by atoms with Gasteiger partial charge in [-0.3, -0.25) is 19.2 Å². The number of nitrogens with one attached hydrogen (secondary N) is 1. The number of aryl methyl sites for hydroxylation is 2. The second-order valence-electron chi connectivity index (χ2n) is 7.98. The van der Waals surface area contributed by atoms with Gasteiger partial charge >= 0.3 is 5.69 Å². The Morgan fingerprint density at radius 3 is 2.52 bits per heavy atom. The van der Waals surface area contributed by atoms with E-state index in [-0.39, 0.29) is 12.2 Å². The zero-order valence-electron chi connectivity index (χ0n) is 17.3. The maximum Gasteiger partial charge on any atom is 0.329 e. The molecule has 0 spiro atoms. The first-order valence-electron chi connectivity index (χ1n) is 9.94. The first kappa shape index (κ1) is 19.6. The molecule has 3 aromatic rings. The highest BCUT2D eigenvalue weighted by Crippen LogP contribution is 2.19. The van der Waals surface area contributed by atoms with Gasteiger partial charge in [0.05, 0.1) is 18.8 Å². The third-order valence-electron chi connectivity index (χ3n) is 5.54. The normalized spacial score (nSPS) is 20.4. The Hall–Kier alpha value is -2.71. The lowest BCUT2D eigenvalue weighted by molar-refractivity contribution is -0.0712. The van der Waals surface area contributed by atoms with Crippen LogP contribution in [0, 0.1) is 6.92 Å². The molecule has 4 rings (SSSR count). The minimum absolute atomic E-state index is 0.140. The van der Waals surface area contributed by atoms with E-state index in [1.165, 1.54) is 4.57 Å². The summed E-state index contributed by atoms with van der Waals surface area (Å²) >= 11 is 0. The maximum absolute atomic E-state index is 12.7. The number of nitrogens with zero attached hydrogens (tertiary/aromatic N) is 4. The van der Waals surface area contributed by atoms with E-state index in [1.54, 1.807) is 7.05 Å². The van der Waals surface area contributed by atoms with E-state index in [1.807, 2.05) is 16.7 Å². The monoisotopic (exact) mass is 397 g/mol. The molecule has 0 amide bonds. The molecule has 3 heterocycles. The van der Waals surface area contributed by atoms with E-state index in [0.717, 1.165) is 30.0 Å². The molecular weight excluding hydrogens is 370 g/mol. The van der Waals surface area contributed by atoms with E-state index < -0.39 is 11.2 Å². The van der Waals surface area contributed by atoms with Gasteiger partial charge in [0, 0.05) is 26.7 Å². The van der Waals surface area contributed by atoms with Crippen LogP contribution in [0.3, 0.4) is 0 Å². The van der Waals surface area contributed by atoms with Gasteiger partial charge in [-0.05, 0) is 31.9 Å². The number of hydrogen-bond donors (Lipinski definition) is 1. The highest BCUT2D eigenvalue weighted by atomic mass is 16.5. The smallest absolute Gasteiger partial charge is 0.329 e. The molecule has 2 atom stereocenters. The Labute approximate surface area is 168 Å². The number of ether oxygens (including phenoxy) is 1. The lowest BCUT2D eigenvalue weighted by Gasteiger charge is -2.35. The van der Waals surface area contributed by atoms with Gasteiger partial charge in [-0.15, -0.1) is 0 Å². The average Bonchev–Trinajstić information content (AvgIpc) is 2.99. The van der Waals surface area contributed by atoms with Gasteiger partial charge < -0.3 is 9.30 Å². The van der Waals surface area contributed by atoms with Gasteiger partial charge in [0.2, 0.25) is 0 Å². The largest absolute Gasteiger partial charge is 0.373 e. The van der Waals surface area contributed by atoms with Gasteiger partial charge in [-0.25, -0.2) is 9.78 Å². The van der Waals surface area contributed by atoms with Gasteiger partial charge in [-0.2, -0.15) is 0 Å². The molecule has 0 aliphatic carbocycles. The van der Waals surface area contributed by atoms with Crippen LogP contribution in [-0.2, 0) is 24.9 Å². The zero-order valence-corrected chi connectivity index (χ0v) is 17.3. The zero-order chi connectivity index (χ0) is 20.7. The van der Waals surface area contributed by atoms with Gasteiger partial charge in [0.25, 0.3) is 5.56 Å². The first-order valence-corrected chi connectivity index (χ1v) is 9.94. The molecule has 1 aromatic carbocycles. The lowest BCUT2D eigenvalue weighted by Crippen LogP contribution is -2.45. The van der Waals surface area contributed by atoms with Crippen molar-refractivity contribution < 1.29 is 4.74 Å². The number of morpholine rings is 1. The first-order chi connectivity index (χ1) is 13.8. The predicted octanol–water partition coefficient (Wildman–Crippen LogP) is 1.39. The van der Waals surface area contributed by atoms with Crippen LogP contribution in [0.2, 0.25) is 0 Å². The number of aromatic nitrogens is 4. The van der Waals surface area contributed by atoms with Crippen LogP contribution in [0.1, 0.15) is 30.8 Å². The van der Waals surface area contributed by atoms with Gasteiger partial charge in [0.1, 0.15) is 5.82 Å². The Kier molecular flexibility index (Phi) is 5.14. The van der Waals surface area contributed by atoms with E-state index in [2.05, 4.69) is 42.8 Å². The molecule has 0 bridgehead atoms. The van der Waals surface area contributed by atoms with Crippen LogP contribution >= 0.6 is 0 Å². The standard InChI is InChI=1S/C21H27N5O3/c1-13-7-5-6-8-16(13)11-26-17(12-25-9-14(2)29-15(3)10-25)22-19-18(26)20(27)23-21(28)24(19)4/h5-8,14-15H,9-12H2,1-4H3,(H,23,27,28). The number of hydrogen-bond acceptors (Lipinski definition) is 5. The van der Waals surface area contributed by atoms with Crippen molar-refractivity contribution in [3.05, 3.63) is 62.1 Å². The fourth-order valence-corrected chi connectivity index (χ4v) is 4.14. The van der Waals surface area contributed by atoms with Crippen molar-refractivity contribution in [2.45, 2.75) is 46.1 Å². The summed E-state index contributed by atoms with van der Waals surface area (Å²) in [5.74, 6) is 0.774. The van der Waals surface area contributed by atoms with Crippen molar-refractivity contribution in [2.75, 3.05) is 13.1 Å². The van der Waals surface area contributed by atoms with E-state index in [0.29, 0.717) is 24.3 Å². The predicted molar refractivity (Wildman–Crippen MR) is 111 cm³/mol. The summed E-state index contributed by atoms with van der Waals surface area (Å²) in [6.07, 6.45) is 0.279. The van der Waals surface area contributed by atoms with Crippen LogP contribution in [0.4, 0.5) is 0 Å². The van der Waals surface area contributed by atoms with E-state index in [4.69, 9.17) is 9.72 Å². The van der Waals surface area contributed by atoms with Crippen molar-refractivity contribution in [1.29, 1.82) is 0 Å². The molecule has 1 saturated heterocycles. The lowest BCUT2D eigenvalue weighted by atomic mass is 10.1. The topological polar surface area (TPSA) is 85.2 Å². The maximum atomic E-state index is 12.7. The molecule has 8 nitrogen and oxygen atoms in total. The fraction of sp³-hybridized carbons (Fsp3) is 0.476. The average molecular weight is 397 g/mol. The summed E-state index contributed by atoms with van der Waals surface area (Å²) in [4.78, 5) is 34.2. The number of H-pyrrole nitrogens is 1.